The fourth-order valence-electron chi connectivity index (χ4n) is 2.99. The molecule has 3 heteroatoms. The molecule has 1 fully saturated rings. The molecule has 1 aliphatic carbocycles. The van der Waals surface area contributed by atoms with E-state index in [1.165, 1.54) is 24.8 Å². The molecule has 2 rings (SSSR count). The van der Waals surface area contributed by atoms with Crippen molar-refractivity contribution in [3.63, 3.8) is 0 Å². The number of aliphatic imine (C=N–C) groups is 1. The number of nitrogens with zero attached hydrogens (tertiary/aromatic N) is 2. The summed E-state index contributed by atoms with van der Waals surface area (Å²) in [6.07, 6.45) is 5.00. The second kappa shape index (κ2) is 6.78. The molecule has 0 saturated heterocycles. The number of benzene rings is 1. The Morgan fingerprint density at radius 3 is 2.35 bits per heavy atom. The molecule has 0 aromatic heterocycles. The number of rotatable bonds is 6. The molecule has 1 aromatic rings. The normalized spacial score (nSPS) is 17.6. The van der Waals surface area contributed by atoms with Gasteiger partial charge in [0.2, 0.25) is 0 Å². The highest BCUT2D eigenvalue weighted by molar-refractivity contribution is 5.78. The standard InChI is InChI=1S/C17H27N3/c1-3-20(4-2)16(18)19-14-17(11-8-12-17)13-15-9-6-5-7-10-15/h5-7,9-10H,3-4,8,11-14H2,1-2H3,(H2,18,19). The zero-order chi connectivity index (χ0) is 14.4. The van der Waals surface area contributed by atoms with Crippen LogP contribution in [0.3, 0.4) is 0 Å². The van der Waals surface area contributed by atoms with Crippen molar-refractivity contribution in [3.05, 3.63) is 35.9 Å². The Hall–Kier alpha value is -1.51. The van der Waals surface area contributed by atoms with Crippen LogP contribution in [0.25, 0.3) is 0 Å². The van der Waals surface area contributed by atoms with Gasteiger partial charge in [0, 0.05) is 19.6 Å². The quantitative estimate of drug-likeness (QED) is 0.639. The summed E-state index contributed by atoms with van der Waals surface area (Å²) >= 11 is 0. The largest absolute Gasteiger partial charge is 0.370 e. The minimum Gasteiger partial charge on any atom is -0.370 e. The number of nitrogens with two attached hydrogens (primary N) is 1. The molecule has 20 heavy (non-hydrogen) atoms. The van der Waals surface area contributed by atoms with Crippen molar-refractivity contribution < 1.29 is 0 Å². The van der Waals surface area contributed by atoms with Gasteiger partial charge in [-0.05, 0) is 44.1 Å². The SMILES string of the molecule is CCN(CC)C(N)=NCC1(Cc2ccccc2)CCC1. The van der Waals surface area contributed by atoms with Crippen molar-refractivity contribution in [2.24, 2.45) is 16.1 Å². The Kier molecular flexibility index (Phi) is 5.05. The third-order valence-electron chi connectivity index (χ3n) is 4.50. The minimum absolute atomic E-state index is 0.346. The lowest BCUT2D eigenvalue weighted by molar-refractivity contribution is 0.145. The van der Waals surface area contributed by atoms with Crippen LogP contribution in [0.1, 0.15) is 38.7 Å². The van der Waals surface area contributed by atoms with Gasteiger partial charge in [0.1, 0.15) is 0 Å². The van der Waals surface area contributed by atoms with E-state index in [4.69, 9.17) is 5.73 Å². The van der Waals surface area contributed by atoms with Crippen molar-refractivity contribution in [1.82, 2.24) is 4.90 Å². The molecule has 2 N–H and O–H groups in total. The fourth-order valence-corrected chi connectivity index (χ4v) is 2.99. The Labute approximate surface area is 122 Å². The van der Waals surface area contributed by atoms with E-state index in [0.29, 0.717) is 11.4 Å². The zero-order valence-corrected chi connectivity index (χ0v) is 12.8. The van der Waals surface area contributed by atoms with Crippen molar-refractivity contribution in [2.75, 3.05) is 19.6 Å². The van der Waals surface area contributed by atoms with E-state index < -0.39 is 0 Å². The predicted octanol–water partition coefficient (Wildman–Crippen LogP) is 3.06. The van der Waals surface area contributed by atoms with Crippen LogP contribution in [0.5, 0.6) is 0 Å². The first-order valence-electron chi connectivity index (χ1n) is 7.78. The summed E-state index contributed by atoms with van der Waals surface area (Å²) in [5, 5.41) is 0. The number of guanidine groups is 1. The average molecular weight is 273 g/mol. The van der Waals surface area contributed by atoms with E-state index >= 15 is 0 Å². The summed E-state index contributed by atoms with van der Waals surface area (Å²) < 4.78 is 0. The van der Waals surface area contributed by atoms with Gasteiger partial charge in [-0.25, -0.2) is 0 Å². The monoisotopic (exact) mass is 273 g/mol. The maximum absolute atomic E-state index is 6.09. The molecule has 0 spiro atoms. The van der Waals surface area contributed by atoms with Crippen LogP contribution in [0, 0.1) is 5.41 Å². The molecule has 0 aliphatic heterocycles. The molecule has 1 aromatic carbocycles. The number of hydrogen-bond donors (Lipinski definition) is 1. The first kappa shape index (κ1) is 14.9. The molecule has 3 nitrogen and oxygen atoms in total. The maximum Gasteiger partial charge on any atom is 0.191 e. The van der Waals surface area contributed by atoms with Crippen LogP contribution >= 0.6 is 0 Å². The highest BCUT2D eigenvalue weighted by atomic mass is 15.2. The third-order valence-corrected chi connectivity index (χ3v) is 4.50. The molecule has 0 bridgehead atoms. The van der Waals surface area contributed by atoms with Gasteiger partial charge in [0.15, 0.2) is 5.96 Å². The fraction of sp³-hybridized carbons (Fsp3) is 0.588. The first-order chi connectivity index (χ1) is 9.69. The minimum atomic E-state index is 0.346. The van der Waals surface area contributed by atoms with Gasteiger partial charge in [-0.15, -0.1) is 0 Å². The molecule has 110 valence electrons. The summed E-state index contributed by atoms with van der Waals surface area (Å²) in [6, 6.07) is 10.8. The van der Waals surface area contributed by atoms with E-state index in [0.717, 1.165) is 26.1 Å². The Balaban J connectivity index is 2.00. The van der Waals surface area contributed by atoms with E-state index in [2.05, 4.69) is 54.1 Å². The van der Waals surface area contributed by atoms with Gasteiger partial charge < -0.3 is 10.6 Å². The van der Waals surface area contributed by atoms with Crippen molar-refractivity contribution in [1.29, 1.82) is 0 Å². The Morgan fingerprint density at radius 2 is 1.85 bits per heavy atom. The summed E-state index contributed by atoms with van der Waals surface area (Å²) in [4.78, 5) is 6.80. The topological polar surface area (TPSA) is 41.6 Å². The Morgan fingerprint density at radius 1 is 1.20 bits per heavy atom. The summed E-state index contributed by atoms with van der Waals surface area (Å²) in [5.41, 5.74) is 7.86. The van der Waals surface area contributed by atoms with Gasteiger partial charge in [-0.1, -0.05) is 36.8 Å². The highest BCUT2D eigenvalue weighted by Gasteiger charge is 2.36. The van der Waals surface area contributed by atoms with Crippen LogP contribution in [-0.4, -0.2) is 30.5 Å². The maximum atomic E-state index is 6.09. The smallest absolute Gasteiger partial charge is 0.191 e. The molecule has 0 unspecified atom stereocenters. The lowest BCUT2D eigenvalue weighted by Crippen LogP contribution is -2.40. The van der Waals surface area contributed by atoms with E-state index in [9.17, 15) is 0 Å². The summed E-state index contributed by atoms with van der Waals surface area (Å²) in [5.74, 6) is 0.703. The summed E-state index contributed by atoms with van der Waals surface area (Å²) in [6.45, 7) is 6.96. The van der Waals surface area contributed by atoms with Crippen molar-refractivity contribution in [2.45, 2.75) is 39.5 Å². The van der Waals surface area contributed by atoms with Crippen LogP contribution < -0.4 is 5.73 Å². The van der Waals surface area contributed by atoms with E-state index in [1.54, 1.807) is 0 Å². The van der Waals surface area contributed by atoms with Crippen LogP contribution in [0.2, 0.25) is 0 Å². The molecule has 0 atom stereocenters. The molecule has 0 radical (unpaired) electrons. The first-order valence-corrected chi connectivity index (χ1v) is 7.78. The van der Waals surface area contributed by atoms with Gasteiger partial charge in [0.25, 0.3) is 0 Å². The van der Waals surface area contributed by atoms with Crippen LogP contribution in [0.4, 0.5) is 0 Å². The molecule has 0 amide bonds. The van der Waals surface area contributed by atoms with Gasteiger partial charge >= 0.3 is 0 Å². The van der Waals surface area contributed by atoms with Gasteiger partial charge in [-0.2, -0.15) is 0 Å². The highest BCUT2D eigenvalue weighted by Crippen LogP contribution is 2.44. The van der Waals surface area contributed by atoms with E-state index in [-0.39, 0.29) is 0 Å². The molecular weight excluding hydrogens is 246 g/mol. The second-order valence-electron chi connectivity index (χ2n) is 5.86. The van der Waals surface area contributed by atoms with Crippen LogP contribution in [-0.2, 0) is 6.42 Å². The lowest BCUT2D eigenvalue weighted by Gasteiger charge is -2.41. The van der Waals surface area contributed by atoms with Gasteiger partial charge in [-0.3, -0.25) is 4.99 Å². The van der Waals surface area contributed by atoms with Crippen LogP contribution in [0.15, 0.2) is 35.3 Å². The predicted molar refractivity (Wildman–Crippen MR) is 85.8 cm³/mol. The zero-order valence-electron chi connectivity index (χ0n) is 12.8. The molecule has 1 saturated carbocycles. The number of hydrogen-bond acceptors (Lipinski definition) is 1. The average Bonchev–Trinajstić information content (AvgIpc) is 2.44. The van der Waals surface area contributed by atoms with E-state index in [1.807, 2.05) is 0 Å². The second-order valence-corrected chi connectivity index (χ2v) is 5.86. The molecular formula is C17H27N3. The third kappa shape index (κ3) is 3.53. The van der Waals surface area contributed by atoms with Crippen molar-refractivity contribution in [3.8, 4) is 0 Å². The Bertz CT molecular complexity index is 431. The van der Waals surface area contributed by atoms with Crippen molar-refractivity contribution >= 4 is 5.96 Å². The molecule has 1 aliphatic rings. The molecule has 0 heterocycles. The summed E-state index contributed by atoms with van der Waals surface area (Å²) in [7, 11) is 0. The lowest BCUT2D eigenvalue weighted by atomic mass is 9.65. The van der Waals surface area contributed by atoms with Gasteiger partial charge in [0.05, 0.1) is 0 Å².